The molecule has 0 aromatic heterocycles. The van der Waals surface area contributed by atoms with Gasteiger partial charge < -0.3 is 19.5 Å². The van der Waals surface area contributed by atoms with Gasteiger partial charge in [-0.2, -0.15) is 0 Å². The van der Waals surface area contributed by atoms with E-state index in [2.05, 4.69) is 19.2 Å². The molecule has 0 unspecified atom stereocenters. The van der Waals surface area contributed by atoms with Gasteiger partial charge in [0.2, 0.25) is 0 Å². The van der Waals surface area contributed by atoms with Crippen LogP contribution < -0.4 is 19.5 Å². The number of ether oxygens (including phenoxy) is 3. The van der Waals surface area contributed by atoms with Gasteiger partial charge in [0, 0.05) is 16.0 Å². The van der Waals surface area contributed by atoms with Crippen LogP contribution in [-0.2, 0) is 0 Å². The first-order chi connectivity index (χ1) is 14.4. The van der Waals surface area contributed by atoms with Crippen LogP contribution >= 0.6 is 11.6 Å². The summed E-state index contributed by atoms with van der Waals surface area (Å²) < 4.78 is 17.6. The van der Waals surface area contributed by atoms with E-state index in [1.165, 1.54) is 0 Å². The lowest BCUT2D eigenvalue weighted by molar-refractivity contribution is 0.102. The quantitative estimate of drug-likeness (QED) is 0.544. The highest BCUT2D eigenvalue weighted by molar-refractivity contribution is 6.31. The second-order valence-electron chi connectivity index (χ2n) is 7.91. The molecule has 0 aliphatic carbocycles. The van der Waals surface area contributed by atoms with Gasteiger partial charge in [-0.05, 0) is 48.5 Å². The third-order valence-corrected chi connectivity index (χ3v) is 4.84. The number of fused-ring (bicyclic) bond motifs is 1. The number of hydrogen-bond acceptors (Lipinski definition) is 4. The summed E-state index contributed by atoms with van der Waals surface area (Å²) in [5, 5.41) is 3.37. The van der Waals surface area contributed by atoms with Crippen molar-refractivity contribution in [1.29, 1.82) is 0 Å². The molecule has 1 aliphatic heterocycles. The van der Waals surface area contributed by atoms with Crippen LogP contribution in [0.15, 0.2) is 66.7 Å². The number of carbonyl (C=O) groups is 1. The van der Waals surface area contributed by atoms with Gasteiger partial charge in [-0.3, -0.25) is 4.79 Å². The molecule has 3 aromatic rings. The highest BCUT2D eigenvalue weighted by atomic mass is 35.5. The van der Waals surface area contributed by atoms with E-state index >= 15 is 0 Å². The minimum atomic E-state index is -0.301. The first kappa shape index (κ1) is 20.1. The van der Waals surface area contributed by atoms with Crippen molar-refractivity contribution in [1.82, 2.24) is 0 Å². The van der Waals surface area contributed by atoms with E-state index in [9.17, 15) is 4.79 Å². The maximum atomic E-state index is 12.9. The number of benzene rings is 3. The lowest BCUT2D eigenvalue weighted by Crippen LogP contribution is -2.26. The number of amides is 1. The standard InChI is InChI=1S/C24H22ClNO4/c1-24(2)14-28-21-10-8-16(12-22(21)29-15-24)23(27)26-19-13-17(25)9-11-20(19)30-18-6-4-3-5-7-18/h3-13H,14-15H2,1-2H3,(H,26,27). The number of nitrogens with one attached hydrogen (secondary N) is 1. The fourth-order valence-electron chi connectivity index (χ4n) is 2.97. The molecule has 1 aliphatic rings. The van der Waals surface area contributed by atoms with Crippen LogP contribution in [0.3, 0.4) is 0 Å². The lowest BCUT2D eigenvalue weighted by atomic mass is 9.97. The molecule has 3 aromatic carbocycles. The Kier molecular flexibility index (Phi) is 5.55. The van der Waals surface area contributed by atoms with E-state index < -0.39 is 0 Å². The first-order valence-electron chi connectivity index (χ1n) is 9.63. The second-order valence-corrected chi connectivity index (χ2v) is 8.35. The SMILES string of the molecule is CC1(C)COc2ccc(C(=O)Nc3cc(Cl)ccc3Oc3ccccc3)cc2OC1. The molecule has 0 radical (unpaired) electrons. The van der Waals surface area contributed by atoms with Crippen LogP contribution in [0.5, 0.6) is 23.0 Å². The predicted octanol–water partition coefficient (Wildman–Crippen LogP) is 6.18. The van der Waals surface area contributed by atoms with Crippen molar-refractivity contribution in [3.8, 4) is 23.0 Å². The van der Waals surface area contributed by atoms with Gasteiger partial charge in [0.15, 0.2) is 17.2 Å². The summed E-state index contributed by atoms with van der Waals surface area (Å²) >= 11 is 6.15. The van der Waals surface area contributed by atoms with E-state index in [0.717, 1.165) is 0 Å². The van der Waals surface area contributed by atoms with E-state index in [0.29, 0.717) is 52.5 Å². The Morgan fingerprint density at radius 3 is 2.47 bits per heavy atom. The lowest BCUT2D eigenvalue weighted by Gasteiger charge is -2.19. The van der Waals surface area contributed by atoms with Crippen LogP contribution in [0.25, 0.3) is 0 Å². The van der Waals surface area contributed by atoms with Crippen molar-refractivity contribution in [2.24, 2.45) is 5.41 Å². The molecule has 0 fully saturated rings. The van der Waals surface area contributed by atoms with Gasteiger partial charge in [-0.1, -0.05) is 43.6 Å². The zero-order valence-electron chi connectivity index (χ0n) is 16.8. The average Bonchev–Trinajstić information content (AvgIpc) is 2.89. The summed E-state index contributed by atoms with van der Waals surface area (Å²) in [6.45, 7) is 5.20. The summed E-state index contributed by atoms with van der Waals surface area (Å²) in [5.41, 5.74) is 0.818. The Labute approximate surface area is 180 Å². The Bertz CT molecular complexity index is 1070. The van der Waals surface area contributed by atoms with Crippen LogP contribution in [0.4, 0.5) is 5.69 Å². The molecule has 0 bridgehead atoms. The summed E-state index contributed by atoms with van der Waals surface area (Å²) in [6.07, 6.45) is 0. The molecule has 154 valence electrons. The third kappa shape index (κ3) is 4.69. The second kappa shape index (κ2) is 8.28. The molecule has 6 heteroatoms. The smallest absolute Gasteiger partial charge is 0.255 e. The molecule has 0 saturated carbocycles. The van der Waals surface area contributed by atoms with Gasteiger partial charge in [0.05, 0.1) is 18.9 Å². The van der Waals surface area contributed by atoms with Crippen molar-refractivity contribution >= 4 is 23.2 Å². The summed E-state index contributed by atoms with van der Waals surface area (Å²) in [7, 11) is 0. The number of halogens is 1. The van der Waals surface area contributed by atoms with E-state index in [4.69, 9.17) is 25.8 Å². The van der Waals surface area contributed by atoms with Crippen molar-refractivity contribution < 1.29 is 19.0 Å². The summed E-state index contributed by atoms with van der Waals surface area (Å²) in [4.78, 5) is 12.9. The third-order valence-electron chi connectivity index (χ3n) is 4.60. The van der Waals surface area contributed by atoms with Crippen molar-refractivity contribution in [2.75, 3.05) is 18.5 Å². The number of hydrogen-bond donors (Lipinski definition) is 1. The minimum Gasteiger partial charge on any atom is -0.489 e. The molecule has 5 nitrogen and oxygen atoms in total. The molecular formula is C24H22ClNO4. The Morgan fingerprint density at radius 1 is 0.967 bits per heavy atom. The normalized spacial score (nSPS) is 14.5. The molecular weight excluding hydrogens is 402 g/mol. The Morgan fingerprint density at radius 2 is 1.70 bits per heavy atom. The fraction of sp³-hybridized carbons (Fsp3) is 0.208. The van der Waals surface area contributed by atoms with Gasteiger partial charge in [0.25, 0.3) is 5.91 Å². The van der Waals surface area contributed by atoms with Crippen LogP contribution in [0.2, 0.25) is 5.02 Å². The zero-order chi connectivity index (χ0) is 21.1. The topological polar surface area (TPSA) is 56.8 Å². The molecule has 1 amide bonds. The van der Waals surface area contributed by atoms with E-state index in [1.54, 1.807) is 36.4 Å². The van der Waals surface area contributed by atoms with Gasteiger partial charge >= 0.3 is 0 Å². The van der Waals surface area contributed by atoms with Crippen molar-refractivity contribution in [3.05, 3.63) is 77.3 Å². The Balaban J connectivity index is 1.56. The monoisotopic (exact) mass is 423 g/mol. The maximum absolute atomic E-state index is 12.9. The fourth-order valence-corrected chi connectivity index (χ4v) is 3.14. The van der Waals surface area contributed by atoms with Gasteiger partial charge in [-0.25, -0.2) is 0 Å². The number of rotatable bonds is 4. The van der Waals surface area contributed by atoms with Gasteiger partial charge in [-0.15, -0.1) is 0 Å². The average molecular weight is 424 g/mol. The van der Waals surface area contributed by atoms with Crippen LogP contribution in [0.1, 0.15) is 24.2 Å². The molecule has 0 saturated heterocycles. The number of para-hydroxylation sites is 1. The molecule has 30 heavy (non-hydrogen) atoms. The first-order valence-corrected chi connectivity index (χ1v) is 10.0. The number of carbonyl (C=O) groups excluding carboxylic acids is 1. The minimum absolute atomic E-state index is 0.105. The summed E-state index contributed by atoms with van der Waals surface area (Å²) in [6, 6.07) is 19.6. The molecule has 1 heterocycles. The molecule has 1 N–H and O–H groups in total. The maximum Gasteiger partial charge on any atom is 0.255 e. The number of anilines is 1. The van der Waals surface area contributed by atoms with Crippen LogP contribution in [0, 0.1) is 5.41 Å². The highest BCUT2D eigenvalue weighted by Crippen LogP contribution is 2.36. The molecule has 0 spiro atoms. The van der Waals surface area contributed by atoms with Crippen molar-refractivity contribution in [3.63, 3.8) is 0 Å². The highest BCUT2D eigenvalue weighted by Gasteiger charge is 2.26. The summed E-state index contributed by atoms with van der Waals surface area (Å²) in [5.74, 6) is 2.04. The van der Waals surface area contributed by atoms with Crippen LogP contribution in [-0.4, -0.2) is 19.1 Å². The Hall–Kier alpha value is -3.18. The van der Waals surface area contributed by atoms with Crippen molar-refractivity contribution in [2.45, 2.75) is 13.8 Å². The molecule has 0 atom stereocenters. The largest absolute Gasteiger partial charge is 0.489 e. The van der Waals surface area contributed by atoms with E-state index in [-0.39, 0.29) is 11.3 Å². The van der Waals surface area contributed by atoms with Gasteiger partial charge in [0.1, 0.15) is 5.75 Å². The molecule has 4 rings (SSSR count). The van der Waals surface area contributed by atoms with E-state index in [1.807, 2.05) is 30.3 Å². The predicted molar refractivity (Wildman–Crippen MR) is 117 cm³/mol. The zero-order valence-corrected chi connectivity index (χ0v) is 17.5.